The monoisotopic (exact) mass is 236 g/mol. The molecule has 1 aromatic carbocycles. The van der Waals surface area contributed by atoms with Crippen LogP contribution in [0.25, 0.3) is 0 Å². The fraction of sp³-hybridized carbons (Fsp3) is 0.647. The van der Waals surface area contributed by atoms with Crippen LogP contribution in [0.1, 0.15) is 66.9 Å². The van der Waals surface area contributed by atoms with E-state index in [0.29, 0.717) is 5.92 Å². The fourth-order valence-corrected chi connectivity index (χ4v) is 0.838. The Kier molecular flexibility index (Phi) is 12.8. The summed E-state index contributed by atoms with van der Waals surface area (Å²) in [5.41, 5.74) is 1.41. The van der Waals surface area contributed by atoms with Crippen LogP contribution >= 0.6 is 0 Å². The van der Waals surface area contributed by atoms with Crippen molar-refractivity contribution in [3.05, 3.63) is 35.9 Å². The van der Waals surface area contributed by atoms with E-state index in [0.717, 1.165) is 11.8 Å². The van der Waals surface area contributed by atoms with Gasteiger partial charge in [-0.25, -0.2) is 0 Å². The lowest BCUT2D eigenvalue weighted by Gasteiger charge is -2.01. The van der Waals surface area contributed by atoms with Gasteiger partial charge in [-0.15, -0.1) is 0 Å². The number of hydrogen-bond acceptors (Lipinski definition) is 0. The van der Waals surface area contributed by atoms with Gasteiger partial charge in [0.25, 0.3) is 0 Å². The van der Waals surface area contributed by atoms with Crippen molar-refractivity contribution in [2.45, 2.75) is 61.3 Å². The molecule has 0 amide bonds. The zero-order valence-corrected chi connectivity index (χ0v) is 13.1. The summed E-state index contributed by atoms with van der Waals surface area (Å²) in [5.74, 6) is 2.33. The first-order valence-corrected chi connectivity index (χ1v) is 6.82. The molecule has 0 aliphatic heterocycles. The smallest absolute Gasteiger partial charge is 0.0219 e. The van der Waals surface area contributed by atoms with Crippen LogP contribution in [0, 0.1) is 11.8 Å². The highest BCUT2D eigenvalue weighted by atomic mass is 14.0. The third kappa shape index (κ3) is 21.1. The molecule has 1 aromatic rings. The van der Waals surface area contributed by atoms with E-state index in [2.05, 4.69) is 79.7 Å². The Morgan fingerprint density at radius 2 is 0.882 bits per heavy atom. The summed E-state index contributed by atoms with van der Waals surface area (Å²) in [7, 11) is 0. The molecule has 0 fully saturated rings. The normalized spacial score (nSPS) is 9.59. The van der Waals surface area contributed by atoms with Crippen molar-refractivity contribution >= 4 is 0 Å². The Morgan fingerprint density at radius 1 is 0.588 bits per heavy atom. The summed E-state index contributed by atoms with van der Waals surface area (Å²) in [5, 5.41) is 0. The van der Waals surface area contributed by atoms with Crippen molar-refractivity contribution in [3.63, 3.8) is 0 Å². The van der Waals surface area contributed by atoms with Crippen LogP contribution in [0.3, 0.4) is 0 Å². The summed E-state index contributed by atoms with van der Waals surface area (Å²) in [6.45, 7) is 17.4. The van der Waals surface area contributed by atoms with E-state index < -0.39 is 0 Å². The van der Waals surface area contributed by atoms with Gasteiger partial charge in [0.1, 0.15) is 0 Å². The summed E-state index contributed by atoms with van der Waals surface area (Å²) >= 11 is 0. The molecule has 100 valence electrons. The predicted molar refractivity (Wildman–Crippen MR) is 81.6 cm³/mol. The molecule has 0 aliphatic carbocycles. The Balaban J connectivity index is 0. The molecule has 0 heteroatoms. The molecular formula is C17H32. The molecule has 0 saturated heterocycles. The van der Waals surface area contributed by atoms with Gasteiger partial charge in [-0.05, 0) is 23.3 Å². The van der Waals surface area contributed by atoms with E-state index >= 15 is 0 Å². The molecule has 0 heterocycles. The summed E-state index contributed by atoms with van der Waals surface area (Å²) < 4.78 is 0. The second-order valence-electron chi connectivity index (χ2n) is 6.03. The Bertz CT molecular complexity index is 220. The first-order chi connectivity index (χ1) is 7.77. The van der Waals surface area contributed by atoms with E-state index in [9.17, 15) is 0 Å². The van der Waals surface area contributed by atoms with Crippen LogP contribution in [0.5, 0.6) is 0 Å². The molecule has 0 aliphatic rings. The molecule has 17 heavy (non-hydrogen) atoms. The Hall–Kier alpha value is -0.780. The largest absolute Gasteiger partial charge is 0.0630 e. The van der Waals surface area contributed by atoms with Crippen LogP contribution in [-0.2, 0) is 0 Å². The van der Waals surface area contributed by atoms with Gasteiger partial charge in [0.2, 0.25) is 0 Å². The average molecular weight is 236 g/mol. The van der Waals surface area contributed by atoms with Crippen molar-refractivity contribution in [3.8, 4) is 0 Å². The lowest BCUT2D eigenvalue weighted by Crippen LogP contribution is -1.83. The summed E-state index contributed by atoms with van der Waals surface area (Å²) in [6.07, 6.45) is 0. The third-order valence-electron chi connectivity index (χ3n) is 1.47. The maximum absolute atomic E-state index is 2.20. The lowest BCUT2D eigenvalue weighted by molar-refractivity contribution is 0.736. The van der Waals surface area contributed by atoms with Gasteiger partial charge in [0.05, 0.1) is 0 Å². The summed E-state index contributed by atoms with van der Waals surface area (Å²) in [6, 6.07) is 10.5. The number of rotatable bonds is 1. The minimum atomic E-state index is 0.659. The minimum Gasteiger partial charge on any atom is -0.0630 e. The molecule has 0 spiro atoms. The second-order valence-corrected chi connectivity index (χ2v) is 6.03. The van der Waals surface area contributed by atoms with Crippen molar-refractivity contribution in [1.29, 1.82) is 0 Å². The summed E-state index contributed by atoms with van der Waals surface area (Å²) in [4.78, 5) is 0. The average Bonchev–Trinajstić information content (AvgIpc) is 2.17. The quantitative estimate of drug-likeness (QED) is 0.550. The third-order valence-corrected chi connectivity index (χ3v) is 1.47. The van der Waals surface area contributed by atoms with Crippen LogP contribution in [-0.4, -0.2) is 0 Å². The highest BCUT2D eigenvalue weighted by Gasteiger charge is 1.93. The lowest BCUT2D eigenvalue weighted by atomic mass is 10.0. The number of benzene rings is 1. The zero-order valence-electron chi connectivity index (χ0n) is 13.1. The molecule has 0 bridgehead atoms. The zero-order chi connectivity index (χ0) is 13.8. The fourth-order valence-electron chi connectivity index (χ4n) is 0.838. The molecule has 0 radical (unpaired) electrons. The van der Waals surface area contributed by atoms with Crippen LogP contribution in [0.15, 0.2) is 30.3 Å². The van der Waals surface area contributed by atoms with E-state index in [1.807, 2.05) is 6.07 Å². The van der Waals surface area contributed by atoms with Gasteiger partial charge in [-0.1, -0.05) is 85.7 Å². The molecule has 0 nitrogen and oxygen atoms in total. The molecule has 0 atom stereocenters. The molecule has 0 saturated carbocycles. The number of hydrogen-bond donors (Lipinski definition) is 0. The topological polar surface area (TPSA) is 0 Å². The van der Waals surface area contributed by atoms with E-state index in [1.165, 1.54) is 5.56 Å². The van der Waals surface area contributed by atoms with Crippen LogP contribution in [0.4, 0.5) is 0 Å². The van der Waals surface area contributed by atoms with Crippen molar-refractivity contribution < 1.29 is 0 Å². The van der Waals surface area contributed by atoms with E-state index in [1.54, 1.807) is 0 Å². The highest BCUT2D eigenvalue weighted by molar-refractivity contribution is 5.17. The van der Waals surface area contributed by atoms with Crippen molar-refractivity contribution in [1.82, 2.24) is 0 Å². The van der Waals surface area contributed by atoms with E-state index in [4.69, 9.17) is 0 Å². The van der Waals surface area contributed by atoms with Gasteiger partial charge in [0, 0.05) is 0 Å². The Labute approximate surface area is 109 Å². The van der Waals surface area contributed by atoms with Gasteiger partial charge in [-0.3, -0.25) is 0 Å². The van der Waals surface area contributed by atoms with Crippen molar-refractivity contribution in [2.75, 3.05) is 0 Å². The van der Waals surface area contributed by atoms with E-state index in [-0.39, 0.29) is 0 Å². The second kappa shape index (κ2) is 11.7. The first kappa shape index (κ1) is 18.6. The van der Waals surface area contributed by atoms with Crippen LogP contribution < -0.4 is 0 Å². The predicted octanol–water partition coefficient (Wildman–Crippen LogP) is 6.13. The van der Waals surface area contributed by atoms with Crippen LogP contribution in [0.2, 0.25) is 0 Å². The molecule has 1 rings (SSSR count). The standard InChI is InChI=1S/C9H12.2C4H10/c1-8(2)9-6-4-3-5-7-9;2*1-4(2)3/h3-8H,1-2H3;2*4H,1-3H3. The highest BCUT2D eigenvalue weighted by Crippen LogP contribution is 2.11. The van der Waals surface area contributed by atoms with Gasteiger partial charge in [0.15, 0.2) is 0 Å². The SMILES string of the molecule is CC(C)C.CC(C)C.CC(C)c1ccccc1. The maximum atomic E-state index is 2.20. The molecule has 0 N–H and O–H groups in total. The minimum absolute atomic E-state index is 0.659. The van der Waals surface area contributed by atoms with Gasteiger partial charge < -0.3 is 0 Å². The Morgan fingerprint density at radius 3 is 1.06 bits per heavy atom. The molecule has 0 unspecified atom stereocenters. The van der Waals surface area contributed by atoms with Gasteiger partial charge in [-0.2, -0.15) is 0 Å². The molecular weight excluding hydrogens is 204 g/mol. The van der Waals surface area contributed by atoms with Crippen molar-refractivity contribution in [2.24, 2.45) is 11.8 Å². The first-order valence-electron chi connectivity index (χ1n) is 6.82. The molecule has 0 aromatic heterocycles. The maximum Gasteiger partial charge on any atom is -0.0219 e. The van der Waals surface area contributed by atoms with Gasteiger partial charge >= 0.3 is 0 Å².